The largest absolute Gasteiger partial charge is 0.493 e. The monoisotopic (exact) mass is 357 g/mol. The van der Waals surface area contributed by atoms with Gasteiger partial charge in [0.15, 0.2) is 5.78 Å². The highest BCUT2D eigenvalue weighted by Crippen LogP contribution is 2.23. The molecule has 2 heterocycles. The van der Waals surface area contributed by atoms with E-state index in [1.54, 1.807) is 11.4 Å². The van der Waals surface area contributed by atoms with Gasteiger partial charge in [-0.25, -0.2) is 0 Å². The van der Waals surface area contributed by atoms with E-state index < -0.39 is 0 Å². The maximum absolute atomic E-state index is 12.7. The fraction of sp³-hybridized carbons (Fsp3) is 0.400. The predicted octanol–water partition coefficient (Wildman–Crippen LogP) is 4.19. The lowest BCUT2D eigenvalue weighted by molar-refractivity contribution is 0.0634. The first-order valence-corrected chi connectivity index (χ1v) is 9.49. The SMILES string of the molecule is CC(=O)c1cc(C(=O)N2CCC[C@H](COc3ccc(C)cc3)C2)cs1. The number of hydrogen-bond donors (Lipinski definition) is 0. The zero-order chi connectivity index (χ0) is 17.8. The molecule has 1 aromatic carbocycles. The smallest absolute Gasteiger partial charge is 0.254 e. The van der Waals surface area contributed by atoms with Crippen molar-refractivity contribution in [2.24, 2.45) is 5.92 Å². The Morgan fingerprint density at radius 3 is 2.72 bits per heavy atom. The van der Waals surface area contributed by atoms with Crippen molar-refractivity contribution in [1.82, 2.24) is 4.90 Å². The molecule has 132 valence electrons. The van der Waals surface area contributed by atoms with Gasteiger partial charge in [-0.15, -0.1) is 11.3 Å². The highest BCUT2D eigenvalue weighted by Gasteiger charge is 2.25. The van der Waals surface area contributed by atoms with Crippen LogP contribution in [0, 0.1) is 12.8 Å². The molecular weight excluding hydrogens is 334 g/mol. The Labute approximate surface area is 152 Å². The summed E-state index contributed by atoms with van der Waals surface area (Å²) >= 11 is 1.34. The number of ketones is 1. The van der Waals surface area contributed by atoms with Gasteiger partial charge < -0.3 is 9.64 Å². The van der Waals surface area contributed by atoms with E-state index in [4.69, 9.17) is 4.74 Å². The summed E-state index contributed by atoms with van der Waals surface area (Å²) in [5.41, 5.74) is 1.83. The van der Waals surface area contributed by atoms with E-state index in [2.05, 4.69) is 6.92 Å². The number of amides is 1. The molecule has 1 aliphatic heterocycles. The normalized spacial score (nSPS) is 17.4. The quantitative estimate of drug-likeness (QED) is 0.754. The standard InChI is InChI=1S/C20H23NO3S/c1-14-5-7-18(8-6-14)24-12-16-4-3-9-21(11-16)20(23)17-10-19(15(2)22)25-13-17/h5-8,10,13,16H,3-4,9,11-12H2,1-2H3/t16-/m0/s1. The molecule has 1 aliphatic rings. The minimum atomic E-state index is 0.00654. The lowest BCUT2D eigenvalue weighted by Crippen LogP contribution is -2.41. The fourth-order valence-electron chi connectivity index (χ4n) is 3.05. The van der Waals surface area contributed by atoms with Crippen LogP contribution in [-0.2, 0) is 0 Å². The van der Waals surface area contributed by atoms with Crippen LogP contribution in [0.2, 0.25) is 0 Å². The molecule has 0 radical (unpaired) electrons. The van der Waals surface area contributed by atoms with Gasteiger partial charge in [-0.3, -0.25) is 9.59 Å². The molecular formula is C20H23NO3S. The molecule has 0 unspecified atom stereocenters. The Morgan fingerprint density at radius 1 is 1.28 bits per heavy atom. The van der Waals surface area contributed by atoms with E-state index in [1.807, 2.05) is 29.2 Å². The number of benzene rings is 1. The van der Waals surface area contributed by atoms with Crippen LogP contribution in [0.15, 0.2) is 35.7 Å². The maximum Gasteiger partial charge on any atom is 0.254 e. The topological polar surface area (TPSA) is 46.6 Å². The van der Waals surface area contributed by atoms with Crippen molar-refractivity contribution >= 4 is 23.0 Å². The fourth-order valence-corrected chi connectivity index (χ4v) is 3.83. The molecule has 1 saturated heterocycles. The molecule has 25 heavy (non-hydrogen) atoms. The van der Waals surface area contributed by atoms with Crippen LogP contribution in [0.1, 0.15) is 45.4 Å². The molecule has 0 bridgehead atoms. The molecule has 5 heteroatoms. The molecule has 3 rings (SSSR count). The minimum Gasteiger partial charge on any atom is -0.493 e. The minimum absolute atomic E-state index is 0.00654. The van der Waals surface area contributed by atoms with Crippen LogP contribution < -0.4 is 4.74 Å². The second-order valence-electron chi connectivity index (χ2n) is 6.64. The number of thiophene rings is 1. The maximum atomic E-state index is 12.7. The highest BCUT2D eigenvalue weighted by molar-refractivity contribution is 7.12. The van der Waals surface area contributed by atoms with Crippen molar-refractivity contribution in [3.05, 3.63) is 51.7 Å². The number of hydrogen-bond acceptors (Lipinski definition) is 4. The van der Waals surface area contributed by atoms with Crippen LogP contribution in [0.5, 0.6) is 5.75 Å². The summed E-state index contributed by atoms with van der Waals surface area (Å²) in [6.07, 6.45) is 2.05. The second kappa shape index (κ2) is 7.83. The van der Waals surface area contributed by atoms with Crippen molar-refractivity contribution in [2.75, 3.05) is 19.7 Å². The van der Waals surface area contributed by atoms with Gasteiger partial charge in [0.05, 0.1) is 17.0 Å². The van der Waals surface area contributed by atoms with Gasteiger partial charge in [0.1, 0.15) is 5.75 Å². The third-order valence-electron chi connectivity index (χ3n) is 4.51. The molecule has 0 aliphatic carbocycles. The first-order valence-electron chi connectivity index (χ1n) is 8.61. The number of Topliss-reactive ketones (excluding diaryl/α,β-unsaturated/α-hetero) is 1. The van der Waals surface area contributed by atoms with E-state index in [0.717, 1.165) is 25.1 Å². The zero-order valence-electron chi connectivity index (χ0n) is 14.7. The van der Waals surface area contributed by atoms with E-state index >= 15 is 0 Å². The van der Waals surface area contributed by atoms with Gasteiger partial charge in [-0.05, 0) is 44.9 Å². The number of likely N-dealkylation sites (tertiary alicyclic amines) is 1. The summed E-state index contributed by atoms with van der Waals surface area (Å²) in [4.78, 5) is 26.6. The molecule has 0 N–H and O–H groups in total. The molecule has 1 amide bonds. The molecule has 4 nitrogen and oxygen atoms in total. The van der Waals surface area contributed by atoms with Gasteiger partial charge in [-0.2, -0.15) is 0 Å². The van der Waals surface area contributed by atoms with Gasteiger partial charge in [0, 0.05) is 24.4 Å². The summed E-state index contributed by atoms with van der Waals surface area (Å²) in [5.74, 6) is 1.23. The van der Waals surface area contributed by atoms with Gasteiger partial charge in [0.2, 0.25) is 0 Å². The number of rotatable bonds is 5. The summed E-state index contributed by atoms with van der Waals surface area (Å²) in [7, 11) is 0. The van der Waals surface area contributed by atoms with E-state index in [-0.39, 0.29) is 11.7 Å². The van der Waals surface area contributed by atoms with E-state index in [1.165, 1.54) is 23.8 Å². The molecule has 0 saturated carbocycles. The molecule has 1 aromatic heterocycles. The average Bonchev–Trinajstić information content (AvgIpc) is 3.11. The Kier molecular flexibility index (Phi) is 5.53. The number of aryl methyl sites for hydroxylation is 1. The van der Waals surface area contributed by atoms with Crippen molar-refractivity contribution in [2.45, 2.75) is 26.7 Å². The lowest BCUT2D eigenvalue weighted by Gasteiger charge is -2.32. The molecule has 0 spiro atoms. The summed E-state index contributed by atoms with van der Waals surface area (Å²) < 4.78 is 5.89. The van der Waals surface area contributed by atoms with Crippen LogP contribution in [0.3, 0.4) is 0 Å². The van der Waals surface area contributed by atoms with Crippen LogP contribution >= 0.6 is 11.3 Å². The molecule has 2 aromatic rings. The number of nitrogens with zero attached hydrogens (tertiary/aromatic N) is 1. The highest BCUT2D eigenvalue weighted by atomic mass is 32.1. The van der Waals surface area contributed by atoms with Crippen molar-refractivity contribution in [1.29, 1.82) is 0 Å². The van der Waals surface area contributed by atoms with Crippen LogP contribution in [0.25, 0.3) is 0 Å². The van der Waals surface area contributed by atoms with Gasteiger partial charge in [0.25, 0.3) is 5.91 Å². The third kappa shape index (κ3) is 4.48. The summed E-state index contributed by atoms with van der Waals surface area (Å²) in [6, 6.07) is 9.75. The summed E-state index contributed by atoms with van der Waals surface area (Å²) in [6.45, 7) is 5.67. The third-order valence-corrected chi connectivity index (χ3v) is 5.54. The Balaban J connectivity index is 1.57. The second-order valence-corrected chi connectivity index (χ2v) is 7.55. The molecule has 1 fully saturated rings. The van der Waals surface area contributed by atoms with Crippen molar-refractivity contribution in [3.8, 4) is 5.75 Å². The Hall–Kier alpha value is -2.14. The number of piperidine rings is 1. The van der Waals surface area contributed by atoms with Crippen molar-refractivity contribution in [3.63, 3.8) is 0 Å². The Bertz CT molecular complexity index is 751. The predicted molar refractivity (Wildman–Crippen MR) is 99.6 cm³/mol. The van der Waals surface area contributed by atoms with E-state index in [9.17, 15) is 9.59 Å². The van der Waals surface area contributed by atoms with Crippen LogP contribution in [0.4, 0.5) is 0 Å². The van der Waals surface area contributed by atoms with Crippen molar-refractivity contribution < 1.29 is 14.3 Å². The number of carbonyl (C=O) groups excluding carboxylic acids is 2. The lowest BCUT2D eigenvalue weighted by atomic mass is 9.98. The van der Waals surface area contributed by atoms with Crippen LogP contribution in [-0.4, -0.2) is 36.3 Å². The first-order chi connectivity index (χ1) is 12.0. The zero-order valence-corrected chi connectivity index (χ0v) is 15.5. The number of ether oxygens (including phenoxy) is 1. The van der Waals surface area contributed by atoms with E-state index in [0.29, 0.717) is 29.5 Å². The van der Waals surface area contributed by atoms with Gasteiger partial charge >= 0.3 is 0 Å². The summed E-state index contributed by atoms with van der Waals surface area (Å²) in [5, 5.41) is 1.78. The first kappa shape index (κ1) is 17.7. The Morgan fingerprint density at radius 2 is 2.04 bits per heavy atom. The van der Waals surface area contributed by atoms with Gasteiger partial charge in [-0.1, -0.05) is 17.7 Å². The number of carbonyl (C=O) groups is 2. The average molecular weight is 357 g/mol. The molecule has 1 atom stereocenters.